The second-order valence-electron chi connectivity index (χ2n) is 6.30. The molecular weight excluding hydrogens is 358 g/mol. The number of hydrazone groups is 1. The molecule has 27 heavy (non-hydrogen) atoms. The highest BCUT2D eigenvalue weighted by Gasteiger charge is 2.18. The molecule has 3 aromatic heterocycles. The van der Waals surface area contributed by atoms with Gasteiger partial charge in [-0.05, 0) is 33.3 Å². The number of fused-ring (bicyclic) bond motifs is 1. The minimum Gasteiger partial charge on any atom is -0.270 e. The molecule has 8 heteroatoms. The van der Waals surface area contributed by atoms with Gasteiger partial charge in [0.15, 0.2) is 17.0 Å². The van der Waals surface area contributed by atoms with Gasteiger partial charge in [0.2, 0.25) is 0 Å². The molecule has 4 rings (SSSR count). The van der Waals surface area contributed by atoms with Gasteiger partial charge in [0, 0.05) is 0 Å². The Morgan fingerprint density at radius 1 is 1.11 bits per heavy atom. The van der Waals surface area contributed by atoms with E-state index in [4.69, 9.17) is 0 Å². The van der Waals surface area contributed by atoms with Gasteiger partial charge >= 0.3 is 0 Å². The lowest BCUT2D eigenvalue weighted by atomic mass is 10.2. The maximum absolute atomic E-state index is 4.66. The van der Waals surface area contributed by atoms with Crippen LogP contribution >= 0.6 is 11.3 Å². The number of aryl methyl sites for hydroxylation is 4. The number of anilines is 1. The summed E-state index contributed by atoms with van der Waals surface area (Å²) in [5.74, 6) is 1.41. The molecule has 0 saturated carbocycles. The van der Waals surface area contributed by atoms with Gasteiger partial charge in [-0.1, -0.05) is 29.8 Å². The average molecular weight is 377 g/mol. The summed E-state index contributed by atoms with van der Waals surface area (Å²) in [6, 6.07) is 8.12. The monoisotopic (exact) mass is 377 g/mol. The van der Waals surface area contributed by atoms with Crippen molar-refractivity contribution in [2.75, 3.05) is 5.43 Å². The Bertz CT molecular complexity index is 1160. The van der Waals surface area contributed by atoms with E-state index in [9.17, 15) is 0 Å². The summed E-state index contributed by atoms with van der Waals surface area (Å²) in [6.45, 7) is 8.00. The van der Waals surface area contributed by atoms with Gasteiger partial charge in [-0.15, -0.1) is 11.3 Å². The molecule has 0 aliphatic carbocycles. The first kappa shape index (κ1) is 17.3. The first-order valence-electron chi connectivity index (χ1n) is 8.53. The van der Waals surface area contributed by atoms with Crippen LogP contribution in [0.2, 0.25) is 0 Å². The van der Waals surface area contributed by atoms with Crippen molar-refractivity contribution in [3.05, 3.63) is 58.2 Å². The lowest BCUT2D eigenvalue weighted by Crippen LogP contribution is -1.99. The number of rotatable bonds is 4. The molecule has 1 N–H and O–H groups in total. The number of nitrogens with zero attached hydrogens (tertiary/aromatic N) is 6. The molecule has 0 fully saturated rings. The highest BCUT2D eigenvalue weighted by Crippen LogP contribution is 2.29. The summed E-state index contributed by atoms with van der Waals surface area (Å²) in [5, 5.41) is 6.35. The number of imidazole rings is 1. The fraction of sp³-hybridized carbons (Fsp3) is 0.211. The topological polar surface area (TPSA) is 80.9 Å². The van der Waals surface area contributed by atoms with Crippen LogP contribution in [-0.4, -0.2) is 30.7 Å². The molecule has 7 nitrogen and oxygen atoms in total. The van der Waals surface area contributed by atoms with Crippen molar-refractivity contribution < 1.29 is 0 Å². The van der Waals surface area contributed by atoms with Crippen LogP contribution in [0, 0.1) is 27.7 Å². The molecule has 4 aromatic rings. The Morgan fingerprint density at radius 2 is 1.96 bits per heavy atom. The van der Waals surface area contributed by atoms with Crippen LogP contribution in [0.5, 0.6) is 0 Å². The van der Waals surface area contributed by atoms with Crippen molar-refractivity contribution in [3.8, 4) is 5.00 Å². The smallest absolute Gasteiger partial charge is 0.177 e. The molecule has 0 unspecified atom stereocenters. The van der Waals surface area contributed by atoms with Crippen LogP contribution in [0.25, 0.3) is 16.2 Å². The van der Waals surface area contributed by atoms with E-state index in [1.807, 2.05) is 37.5 Å². The zero-order valence-electron chi connectivity index (χ0n) is 15.6. The number of hydrogen-bond donors (Lipinski definition) is 1. The molecule has 0 aliphatic heterocycles. The number of benzene rings is 1. The van der Waals surface area contributed by atoms with Crippen molar-refractivity contribution in [2.24, 2.45) is 5.10 Å². The molecule has 0 radical (unpaired) electrons. The molecule has 136 valence electrons. The van der Waals surface area contributed by atoms with Gasteiger partial charge in [-0.3, -0.25) is 9.99 Å². The van der Waals surface area contributed by atoms with Crippen molar-refractivity contribution in [3.63, 3.8) is 0 Å². The lowest BCUT2D eigenvalue weighted by molar-refractivity contribution is 0.983. The van der Waals surface area contributed by atoms with Crippen molar-refractivity contribution in [2.45, 2.75) is 27.7 Å². The van der Waals surface area contributed by atoms with E-state index in [2.05, 4.69) is 49.5 Å². The lowest BCUT2D eigenvalue weighted by Gasteiger charge is -2.04. The van der Waals surface area contributed by atoms with E-state index in [0.717, 1.165) is 32.7 Å². The van der Waals surface area contributed by atoms with Crippen molar-refractivity contribution in [1.82, 2.24) is 24.5 Å². The Hall–Kier alpha value is -3.13. The zero-order valence-corrected chi connectivity index (χ0v) is 16.4. The Labute approximate surface area is 160 Å². The number of thiazole rings is 1. The summed E-state index contributed by atoms with van der Waals surface area (Å²) in [4.78, 5) is 17.9. The summed E-state index contributed by atoms with van der Waals surface area (Å²) >= 11 is 1.62. The summed E-state index contributed by atoms with van der Waals surface area (Å²) in [6.07, 6.45) is 3.29. The molecule has 0 atom stereocenters. The van der Waals surface area contributed by atoms with Crippen LogP contribution in [0.15, 0.2) is 35.7 Å². The van der Waals surface area contributed by atoms with E-state index in [0.29, 0.717) is 11.3 Å². The predicted octanol–water partition coefficient (Wildman–Crippen LogP) is 3.95. The second kappa shape index (κ2) is 6.88. The highest BCUT2D eigenvalue weighted by molar-refractivity contribution is 7.14. The minimum absolute atomic E-state index is 0.574. The minimum atomic E-state index is 0.574. The van der Waals surface area contributed by atoms with Crippen LogP contribution in [0.3, 0.4) is 0 Å². The van der Waals surface area contributed by atoms with Crippen molar-refractivity contribution in [1.29, 1.82) is 0 Å². The number of nitrogens with one attached hydrogen (secondary N) is 1. The van der Waals surface area contributed by atoms with E-state index >= 15 is 0 Å². The van der Waals surface area contributed by atoms with Gasteiger partial charge in [0.25, 0.3) is 0 Å². The fourth-order valence-electron chi connectivity index (χ4n) is 2.97. The average Bonchev–Trinajstić information content (AvgIpc) is 3.13. The number of hydrogen-bond acceptors (Lipinski definition) is 7. The summed E-state index contributed by atoms with van der Waals surface area (Å²) in [7, 11) is 0. The zero-order chi connectivity index (χ0) is 19.0. The highest BCUT2D eigenvalue weighted by atomic mass is 32.1. The Balaban J connectivity index is 1.71. The van der Waals surface area contributed by atoms with Gasteiger partial charge in [0.1, 0.15) is 17.2 Å². The molecule has 0 spiro atoms. The third kappa shape index (κ3) is 3.31. The molecule has 0 amide bonds. The van der Waals surface area contributed by atoms with Crippen molar-refractivity contribution >= 4 is 34.5 Å². The maximum Gasteiger partial charge on any atom is 0.177 e. The standard InChI is InChI=1S/C19H19N7S/c1-11-6-5-7-15(8-11)9-22-25-17-16-18(21-10-20-17)26(13(3)24-16)19-12(2)23-14(4)27-19/h5-10H,1-4H3,(H,20,21,25). The molecule has 0 saturated heterocycles. The fourth-order valence-corrected chi connectivity index (χ4v) is 3.94. The third-order valence-corrected chi connectivity index (χ3v) is 5.18. The van der Waals surface area contributed by atoms with Gasteiger partial charge in [0.05, 0.1) is 16.9 Å². The molecule has 0 aliphatic rings. The molecule has 0 bridgehead atoms. The van der Waals surface area contributed by atoms with Gasteiger partial charge in [-0.25, -0.2) is 19.9 Å². The van der Waals surface area contributed by atoms with Crippen LogP contribution in [-0.2, 0) is 0 Å². The Morgan fingerprint density at radius 3 is 2.70 bits per heavy atom. The normalized spacial score (nSPS) is 11.6. The SMILES string of the molecule is Cc1cccc(C=NNc2ncnc3c2nc(C)n3-c2sc(C)nc2C)c1. The molecular formula is C19H19N7S. The van der Waals surface area contributed by atoms with E-state index in [1.54, 1.807) is 17.6 Å². The Kier molecular flexibility index (Phi) is 4.41. The third-order valence-electron chi connectivity index (χ3n) is 4.12. The maximum atomic E-state index is 4.66. The number of aromatic nitrogens is 5. The second-order valence-corrected chi connectivity index (χ2v) is 7.48. The van der Waals surface area contributed by atoms with Crippen LogP contribution < -0.4 is 5.43 Å². The van der Waals surface area contributed by atoms with Gasteiger partial charge in [-0.2, -0.15) is 5.10 Å². The van der Waals surface area contributed by atoms with Crippen LogP contribution in [0.1, 0.15) is 27.7 Å². The van der Waals surface area contributed by atoms with Gasteiger partial charge < -0.3 is 0 Å². The van der Waals surface area contributed by atoms with E-state index in [1.165, 1.54) is 11.9 Å². The molecule has 1 aromatic carbocycles. The first-order chi connectivity index (χ1) is 13.0. The molecule has 3 heterocycles. The summed E-state index contributed by atoms with van der Waals surface area (Å²) in [5.41, 5.74) is 7.59. The quantitative estimate of drug-likeness (QED) is 0.430. The van der Waals surface area contributed by atoms with E-state index < -0.39 is 0 Å². The largest absolute Gasteiger partial charge is 0.270 e. The first-order valence-corrected chi connectivity index (χ1v) is 9.35. The van der Waals surface area contributed by atoms with Crippen LogP contribution in [0.4, 0.5) is 5.82 Å². The van der Waals surface area contributed by atoms with E-state index in [-0.39, 0.29) is 0 Å². The summed E-state index contributed by atoms with van der Waals surface area (Å²) < 4.78 is 2.02. The predicted molar refractivity (Wildman–Crippen MR) is 109 cm³/mol.